The van der Waals surface area contributed by atoms with Crippen LogP contribution in [0.5, 0.6) is 0 Å². The molecule has 0 aromatic heterocycles. The van der Waals surface area contributed by atoms with Crippen LogP contribution < -0.4 is 0 Å². The zero-order chi connectivity index (χ0) is 11.1. The van der Waals surface area contributed by atoms with Crippen molar-refractivity contribution in [2.75, 3.05) is 0 Å². The topological polar surface area (TPSA) is 56.4 Å². The lowest BCUT2D eigenvalue weighted by molar-refractivity contribution is 0.316. The number of rotatable bonds is 4. The smallest absolute Gasteiger partial charge is 0.0622 e. The van der Waals surface area contributed by atoms with E-state index in [1.807, 2.05) is 37.3 Å². The zero-order valence-electron chi connectivity index (χ0n) is 8.72. The quantitative estimate of drug-likeness (QED) is 0.463. The third kappa shape index (κ3) is 2.81. The number of benzene rings is 1. The molecule has 1 unspecified atom stereocenters. The van der Waals surface area contributed by atoms with Gasteiger partial charge in [-0.3, -0.25) is 0 Å². The molecule has 0 amide bonds. The van der Waals surface area contributed by atoms with Crippen LogP contribution in [0, 0.1) is 11.3 Å². The van der Waals surface area contributed by atoms with Gasteiger partial charge in [0.2, 0.25) is 0 Å². The van der Waals surface area contributed by atoms with Crippen molar-refractivity contribution in [1.29, 1.82) is 5.26 Å². The second kappa shape index (κ2) is 5.16. The van der Waals surface area contributed by atoms with Gasteiger partial charge >= 0.3 is 0 Å². The Morgan fingerprint density at radius 2 is 2.13 bits per heavy atom. The lowest BCUT2D eigenvalue weighted by Gasteiger charge is -2.23. The van der Waals surface area contributed by atoms with Crippen molar-refractivity contribution >= 4 is 6.21 Å². The van der Waals surface area contributed by atoms with Gasteiger partial charge in [0.05, 0.1) is 12.3 Å². The van der Waals surface area contributed by atoms with Crippen LogP contribution in [0.3, 0.4) is 0 Å². The van der Waals surface area contributed by atoms with Gasteiger partial charge in [0.1, 0.15) is 0 Å². The van der Waals surface area contributed by atoms with Crippen molar-refractivity contribution < 1.29 is 5.21 Å². The second-order valence-corrected chi connectivity index (χ2v) is 3.69. The lowest BCUT2D eigenvalue weighted by Crippen LogP contribution is -2.23. The molecule has 1 N–H and O–H groups in total. The Balaban J connectivity index is 2.97. The van der Waals surface area contributed by atoms with Crippen LogP contribution in [-0.4, -0.2) is 11.4 Å². The first-order chi connectivity index (χ1) is 7.23. The first-order valence-electron chi connectivity index (χ1n) is 4.84. The zero-order valence-corrected chi connectivity index (χ0v) is 8.72. The average Bonchev–Trinajstić information content (AvgIpc) is 2.28. The molecule has 0 radical (unpaired) electrons. The minimum atomic E-state index is -0.369. The summed E-state index contributed by atoms with van der Waals surface area (Å²) in [5.74, 6) is 0. The highest BCUT2D eigenvalue weighted by atomic mass is 16.4. The Kier molecular flexibility index (Phi) is 3.87. The van der Waals surface area contributed by atoms with Gasteiger partial charge in [0, 0.05) is 11.8 Å². The number of oxime groups is 1. The second-order valence-electron chi connectivity index (χ2n) is 3.69. The molecule has 1 aromatic carbocycles. The first-order valence-corrected chi connectivity index (χ1v) is 4.84. The summed E-state index contributed by atoms with van der Waals surface area (Å²) in [6.07, 6.45) is 2.58. The van der Waals surface area contributed by atoms with Crippen molar-refractivity contribution in [1.82, 2.24) is 0 Å². The summed E-state index contributed by atoms with van der Waals surface area (Å²) in [4.78, 5) is 0. The molecule has 0 aliphatic carbocycles. The van der Waals surface area contributed by atoms with E-state index in [1.54, 1.807) is 0 Å². The fourth-order valence-corrected chi connectivity index (χ4v) is 1.55. The molecule has 1 rings (SSSR count). The maximum absolute atomic E-state index is 8.65. The molecule has 78 valence electrons. The van der Waals surface area contributed by atoms with Gasteiger partial charge in [-0.25, -0.2) is 0 Å². The standard InChI is InChI=1S/C12H14N2O/c1-12(10-14-15,8-5-9-13)11-6-3-2-4-7-11/h2-4,6-7,10,15H,5,8H2,1H3. The van der Waals surface area contributed by atoms with Crippen LogP contribution in [0.25, 0.3) is 0 Å². The predicted octanol–water partition coefficient (Wildman–Crippen LogP) is 2.71. The molecule has 0 saturated carbocycles. The maximum atomic E-state index is 8.65. The van der Waals surface area contributed by atoms with Crippen LogP contribution in [0.15, 0.2) is 35.5 Å². The molecule has 0 saturated heterocycles. The Morgan fingerprint density at radius 1 is 1.47 bits per heavy atom. The Labute approximate surface area is 89.7 Å². The molecular formula is C12H14N2O. The molecule has 3 heteroatoms. The molecule has 0 aliphatic heterocycles. The molecule has 0 aliphatic rings. The van der Waals surface area contributed by atoms with E-state index in [9.17, 15) is 0 Å². The van der Waals surface area contributed by atoms with Gasteiger partial charge in [0.25, 0.3) is 0 Å². The van der Waals surface area contributed by atoms with E-state index in [2.05, 4.69) is 11.2 Å². The Bertz CT molecular complexity index is 367. The lowest BCUT2D eigenvalue weighted by atomic mass is 9.80. The molecule has 0 heterocycles. The van der Waals surface area contributed by atoms with E-state index in [1.165, 1.54) is 6.21 Å². The molecule has 3 nitrogen and oxygen atoms in total. The summed E-state index contributed by atoms with van der Waals surface area (Å²) >= 11 is 0. The van der Waals surface area contributed by atoms with Gasteiger partial charge in [-0.1, -0.05) is 37.3 Å². The fourth-order valence-electron chi connectivity index (χ4n) is 1.55. The van der Waals surface area contributed by atoms with Crippen molar-refractivity contribution in [3.05, 3.63) is 35.9 Å². The monoisotopic (exact) mass is 202 g/mol. The largest absolute Gasteiger partial charge is 0.411 e. The molecule has 0 spiro atoms. The predicted molar refractivity (Wildman–Crippen MR) is 58.9 cm³/mol. The van der Waals surface area contributed by atoms with Crippen molar-refractivity contribution in [3.8, 4) is 6.07 Å². The third-order valence-corrected chi connectivity index (χ3v) is 2.53. The number of nitrogens with zero attached hydrogens (tertiary/aromatic N) is 2. The van der Waals surface area contributed by atoms with Crippen LogP contribution in [0.1, 0.15) is 25.3 Å². The number of hydrogen-bond acceptors (Lipinski definition) is 3. The number of hydrogen-bond donors (Lipinski definition) is 1. The summed E-state index contributed by atoms with van der Waals surface area (Å²) in [6, 6.07) is 11.9. The van der Waals surface area contributed by atoms with Gasteiger partial charge in [-0.05, 0) is 12.0 Å². The van der Waals surface area contributed by atoms with E-state index in [-0.39, 0.29) is 5.41 Å². The van der Waals surface area contributed by atoms with E-state index < -0.39 is 0 Å². The molecule has 1 aromatic rings. The van der Waals surface area contributed by atoms with E-state index in [0.29, 0.717) is 12.8 Å². The Hall–Kier alpha value is -1.82. The average molecular weight is 202 g/mol. The van der Waals surface area contributed by atoms with Crippen LogP contribution in [0.2, 0.25) is 0 Å². The van der Waals surface area contributed by atoms with Crippen LogP contribution >= 0.6 is 0 Å². The minimum Gasteiger partial charge on any atom is -0.411 e. The first kappa shape index (κ1) is 11.3. The highest BCUT2D eigenvalue weighted by Gasteiger charge is 2.24. The van der Waals surface area contributed by atoms with Crippen molar-refractivity contribution in [2.24, 2.45) is 5.16 Å². The van der Waals surface area contributed by atoms with Gasteiger partial charge < -0.3 is 5.21 Å². The van der Waals surface area contributed by atoms with Gasteiger partial charge in [-0.15, -0.1) is 5.16 Å². The summed E-state index contributed by atoms with van der Waals surface area (Å²) in [5, 5.41) is 20.3. The molecule has 0 bridgehead atoms. The van der Waals surface area contributed by atoms with Crippen molar-refractivity contribution in [3.63, 3.8) is 0 Å². The normalized spacial score (nSPS) is 14.7. The van der Waals surface area contributed by atoms with Gasteiger partial charge in [-0.2, -0.15) is 5.26 Å². The third-order valence-electron chi connectivity index (χ3n) is 2.53. The summed E-state index contributed by atoms with van der Waals surface area (Å²) in [7, 11) is 0. The fraction of sp³-hybridized carbons (Fsp3) is 0.333. The minimum absolute atomic E-state index is 0.369. The number of nitriles is 1. The highest BCUT2D eigenvalue weighted by Crippen LogP contribution is 2.26. The molecule has 15 heavy (non-hydrogen) atoms. The van der Waals surface area contributed by atoms with Gasteiger partial charge in [0.15, 0.2) is 0 Å². The van der Waals surface area contributed by atoms with E-state index in [4.69, 9.17) is 10.5 Å². The van der Waals surface area contributed by atoms with E-state index in [0.717, 1.165) is 5.56 Å². The summed E-state index contributed by atoms with van der Waals surface area (Å²) in [5.41, 5.74) is 0.684. The molecule has 1 atom stereocenters. The highest BCUT2D eigenvalue weighted by molar-refractivity contribution is 5.72. The Morgan fingerprint density at radius 3 is 2.67 bits per heavy atom. The summed E-state index contributed by atoms with van der Waals surface area (Å²) < 4.78 is 0. The molecule has 0 fully saturated rings. The van der Waals surface area contributed by atoms with Crippen molar-refractivity contribution in [2.45, 2.75) is 25.2 Å². The molecular weight excluding hydrogens is 188 g/mol. The van der Waals surface area contributed by atoms with E-state index >= 15 is 0 Å². The summed E-state index contributed by atoms with van der Waals surface area (Å²) in [6.45, 7) is 1.96. The van der Waals surface area contributed by atoms with Crippen LogP contribution in [-0.2, 0) is 5.41 Å². The SMILES string of the molecule is CC(C=NO)(CCC#N)c1ccccc1. The maximum Gasteiger partial charge on any atom is 0.0622 e. The van der Waals surface area contributed by atoms with Crippen LogP contribution in [0.4, 0.5) is 0 Å².